The second kappa shape index (κ2) is 7.43. The van der Waals surface area contributed by atoms with Gasteiger partial charge in [0.1, 0.15) is 0 Å². The van der Waals surface area contributed by atoms with E-state index in [-0.39, 0.29) is 12.1 Å². The molecular weight excluding hydrogens is 228 g/mol. The molecule has 1 saturated heterocycles. The highest BCUT2D eigenvalue weighted by molar-refractivity contribution is 4.83. The van der Waals surface area contributed by atoms with Gasteiger partial charge in [0.25, 0.3) is 0 Å². The van der Waals surface area contributed by atoms with Crippen LogP contribution in [0.2, 0.25) is 0 Å². The Morgan fingerprint density at radius 1 is 1.50 bits per heavy atom. The number of hydrogen-bond donors (Lipinski definition) is 2. The molecule has 3 unspecified atom stereocenters. The smallest absolute Gasteiger partial charge is 0.0610 e. The molecule has 0 spiro atoms. The number of ether oxygens (including phenoxy) is 1. The molecule has 2 N–H and O–H groups in total. The van der Waals surface area contributed by atoms with Gasteiger partial charge in [-0.15, -0.1) is 0 Å². The number of nitrogens with one attached hydrogen (secondary N) is 1. The first-order valence-corrected chi connectivity index (χ1v) is 7.11. The summed E-state index contributed by atoms with van der Waals surface area (Å²) in [5.74, 6) is 0. The highest BCUT2D eigenvalue weighted by atomic mass is 16.5. The molecule has 4 nitrogen and oxygen atoms in total. The van der Waals surface area contributed by atoms with Crippen LogP contribution in [-0.4, -0.2) is 61.5 Å². The Bertz CT molecular complexity index is 232. The van der Waals surface area contributed by atoms with Crippen LogP contribution in [0, 0.1) is 0 Å². The van der Waals surface area contributed by atoms with Gasteiger partial charge in [0.2, 0.25) is 0 Å². The molecule has 0 radical (unpaired) electrons. The second-order valence-corrected chi connectivity index (χ2v) is 5.84. The SMILES string of the molecule is CNC(C)(CO)CCCN1CCC(OC)CC1C. The molecule has 1 aliphatic heterocycles. The van der Waals surface area contributed by atoms with Crippen molar-refractivity contribution in [2.24, 2.45) is 0 Å². The van der Waals surface area contributed by atoms with Gasteiger partial charge in [-0.3, -0.25) is 0 Å². The van der Waals surface area contributed by atoms with E-state index in [1.165, 1.54) is 0 Å². The van der Waals surface area contributed by atoms with E-state index in [4.69, 9.17) is 4.74 Å². The predicted octanol–water partition coefficient (Wildman–Crippen LogP) is 1.24. The molecule has 0 amide bonds. The van der Waals surface area contributed by atoms with Crippen LogP contribution in [0.25, 0.3) is 0 Å². The lowest BCUT2D eigenvalue weighted by Gasteiger charge is -2.37. The van der Waals surface area contributed by atoms with Crippen molar-refractivity contribution >= 4 is 0 Å². The Kier molecular flexibility index (Phi) is 6.57. The second-order valence-electron chi connectivity index (χ2n) is 5.84. The highest BCUT2D eigenvalue weighted by Crippen LogP contribution is 2.20. The van der Waals surface area contributed by atoms with Crippen LogP contribution in [0.5, 0.6) is 0 Å². The number of rotatable bonds is 7. The summed E-state index contributed by atoms with van der Waals surface area (Å²) < 4.78 is 5.43. The Morgan fingerprint density at radius 2 is 2.22 bits per heavy atom. The van der Waals surface area contributed by atoms with E-state index in [1.54, 1.807) is 0 Å². The molecule has 1 rings (SSSR count). The summed E-state index contributed by atoms with van der Waals surface area (Å²) in [6.07, 6.45) is 4.86. The van der Waals surface area contributed by atoms with Crippen molar-refractivity contribution in [3.63, 3.8) is 0 Å². The predicted molar refractivity (Wildman–Crippen MR) is 74.9 cm³/mol. The highest BCUT2D eigenvalue weighted by Gasteiger charge is 2.26. The minimum absolute atomic E-state index is 0.131. The van der Waals surface area contributed by atoms with E-state index < -0.39 is 0 Å². The van der Waals surface area contributed by atoms with Gasteiger partial charge in [0.15, 0.2) is 0 Å². The van der Waals surface area contributed by atoms with Crippen LogP contribution >= 0.6 is 0 Å². The zero-order valence-corrected chi connectivity index (χ0v) is 12.4. The number of methoxy groups -OCH3 is 1. The maximum atomic E-state index is 9.35. The first kappa shape index (κ1) is 15.9. The Morgan fingerprint density at radius 3 is 2.72 bits per heavy atom. The Labute approximate surface area is 112 Å². The number of hydrogen-bond acceptors (Lipinski definition) is 4. The molecule has 1 heterocycles. The molecule has 0 aliphatic carbocycles. The van der Waals surface area contributed by atoms with Gasteiger partial charge >= 0.3 is 0 Å². The van der Waals surface area contributed by atoms with Gasteiger partial charge < -0.3 is 20.1 Å². The quantitative estimate of drug-likeness (QED) is 0.721. The molecule has 0 aromatic heterocycles. The van der Waals surface area contributed by atoms with Crippen LogP contribution in [0.3, 0.4) is 0 Å². The average molecular weight is 258 g/mol. The summed E-state index contributed by atoms with van der Waals surface area (Å²) in [6.45, 7) is 6.82. The summed E-state index contributed by atoms with van der Waals surface area (Å²) in [4.78, 5) is 2.54. The van der Waals surface area contributed by atoms with E-state index in [9.17, 15) is 5.11 Å². The number of likely N-dealkylation sites (N-methyl/N-ethyl adjacent to an activating group) is 1. The molecular formula is C14H30N2O2. The van der Waals surface area contributed by atoms with Gasteiger partial charge in [-0.05, 0) is 53.1 Å². The topological polar surface area (TPSA) is 44.7 Å². The van der Waals surface area contributed by atoms with Crippen LogP contribution in [0.4, 0.5) is 0 Å². The fraction of sp³-hybridized carbons (Fsp3) is 1.00. The van der Waals surface area contributed by atoms with Crippen molar-refractivity contribution in [1.82, 2.24) is 10.2 Å². The molecule has 4 heteroatoms. The van der Waals surface area contributed by atoms with E-state index in [1.807, 2.05) is 14.2 Å². The van der Waals surface area contributed by atoms with E-state index in [0.717, 1.165) is 38.8 Å². The van der Waals surface area contributed by atoms with Crippen LogP contribution in [0.15, 0.2) is 0 Å². The molecule has 18 heavy (non-hydrogen) atoms. The number of likely N-dealkylation sites (tertiary alicyclic amines) is 1. The lowest BCUT2D eigenvalue weighted by Crippen LogP contribution is -2.46. The third-order valence-corrected chi connectivity index (χ3v) is 4.43. The third-order valence-electron chi connectivity index (χ3n) is 4.43. The monoisotopic (exact) mass is 258 g/mol. The number of nitrogens with zero attached hydrogens (tertiary/aromatic N) is 1. The molecule has 108 valence electrons. The van der Waals surface area contributed by atoms with E-state index in [2.05, 4.69) is 24.1 Å². The van der Waals surface area contributed by atoms with Crippen LogP contribution in [0.1, 0.15) is 39.5 Å². The lowest BCUT2D eigenvalue weighted by atomic mass is 9.95. The van der Waals surface area contributed by atoms with E-state index >= 15 is 0 Å². The molecule has 0 saturated carbocycles. The van der Waals surface area contributed by atoms with E-state index in [0.29, 0.717) is 12.1 Å². The number of aliphatic hydroxyl groups is 1. The molecule has 1 aliphatic rings. The fourth-order valence-corrected chi connectivity index (χ4v) is 2.68. The first-order chi connectivity index (χ1) is 8.54. The summed E-state index contributed by atoms with van der Waals surface area (Å²) in [5.41, 5.74) is -0.131. The fourth-order valence-electron chi connectivity index (χ4n) is 2.68. The van der Waals surface area contributed by atoms with Crippen LogP contribution in [-0.2, 0) is 4.74 Å². The van der Waals surface area contributed by atoms with Gasteiger partial charge in [-0.1, -0.05) is 0 Å². The van der Waals surface area contributed by atoms with Gasteiger partial charge in [-0.25, -0.2) is 0 Å². The minimum Gasteiger partial charge on any atom is -0.394 e. The average Bonchev–Trinajstić information content (AvgIpc) is 2.40. The molecule has 3 atom stereocenters. The van der Waals surface area contributed by atoms with Crippen molar-refractivity contribution in [3.8, 4) is 0 Å². The minimum atomic E-state index is -0.131. The van der Waals surface area contributed by atoms with Crippen molar-refractivity contribution in [3.05, 3.63) is 0 Å². The third kappa shape index (κ3) is 4.50. The maximum absolute atomic E-state index is 9.35. The molecule has 0 aromatic rings. The molecule has 0 aromatic carbocycles. The largest absolute Gasteiger partial charge is 0.394 e. The van der Waals surface area contributed by atoms with Gasteiger partial charge in [0.05, 0.1) is 12.7 Å². The summed E-state index contributed by atoms with van der Waals surface area (Å²) in [6, 6.07) is 0.610. The van der Waals surface area contributed by atoms with Crippen molar-refractivity contribution < 1.29 is 9.84 Å². The Hall–Kier alpha value is -0.160. The van der Waals surface area contributed by atoms with Gasteiger partial charge in [-0.2, -0.15) is 0 Å². The van der Waals surface area contributed by atoms with Crippen molar-refractivity contribution in [1.29, 1.82) is 0 Å². The number of aliphatic hydroxyl groups excluding tert-OH is 1. The lowest BCUT2D eigenvalue weighted by molar-refractivity contribution is 0.0145. The first-order valence-electron chi connectivity index (χ1n) is 7.11. The Balaban J connectivity index is 2.28. The van der Waals surface area contributed by atoms with Gasteiger partial charge in [0, 0.05) is 25.2 Å². The number of piperidine rings is 1. The van der Waals surface area contributed by atoms with Crippen molar-refractivity contribution in [2.45, 2.75) is 57.2 Å². The summed E-state index contributed by atoms with van der Waals surface area (Å²) in [7, 11) is 3.73. The molecule has 0 bridgehead atoms. The summed E-state index contributed by atoms with van der Waals surface area (Å²) >= 11 is 0. The van der Waals surface area contributed by atoms with Crippen LogP contribution < -0.4 is 5.32 Å². The standard InChI is InChI=1S/C14H30N2O2/c1-12-10-13(18-4)6-9-16(12)8-5-7-14(2,11-17)15-3/h12-13,15,17H,5-11H2,1-4H3. The molecule has 1 fully saturated rings. The summed E-state index contributed by atoms with van der Waals surface area (Å²) in [5, 5.41) is 12.6. The zero-order valence-electron chi connectivity index (χ0n) is 12.4. The normalized spacial score (nSPS) is 29.2. The zero-order chi connectivity index (χ0) is 13.6. The van der Waals surface area contributed by atoms with Crippen molar-refractivity contribution in [2.75, 3.05) is 33.9 Å². The maximum Gasteiger partial charge on any atom is 0.0610 e.